The van der Waals surface area contributed by atoms with Gasteiger partial charge in [-0.2, -0.15) is 13.2 Å². The molecule has 0 spiro atoms. The van der Waals surface area contributed by atoms with Crippen LogP contribution in [-0.4, -0.2) is 61.5 Å². The molecule has 1 unspecified atom stereocenters. The molecule has 152 valence electrons. The number of piperazine rings is 1. The lowest BCUT2D eigenvalue weighted by Crippen LogP contribution is -2.57. The average molecular weight is 412 g/mol. The fourth-order valence-corrected chi connectivity index (χ4v) is 2.75. The molecule has 1 aliphatic heterocycles. The summed E-state index contributed by atoms with van der Waals surface area (Å²) in [4.78, 5) is 25.0. The largest absolute Gasteiger partial charge is 0.405 e. The molecule has 2 rings (SSSR count). The van der Waals surface area contributed by atoms with Gasteiger partial charge in [-0.1, -0.05) is 0 Å². The second-order valence-electron chi connectivity index (χ2n) is 6.08. The number of halogens is 5. The standard InChI is InChI=1S/C17H21F4N3O2.ClH/c18-13-3-1-12(2-4-13)14(25)5-6-16(26)23-11-15(17(19,20)21)24-9-7-22-8-10-24;/h1-4,15,22H,5-11H2,(H,23,26);1H. The van der Waals surface area contributed by atoms with Crippen molar-refractivity contribution in [3.05, 3.63) is 35.6 Å². The maximum atomic E-state index is 13.2. The Kier molecular flexibility index (Phi) is 9.14. The topological polar surface area (TPSA) is 61.4 Å². The van der Waals surface area contributed by atoms with Gasteiger partial charge in [-0.25, -0.2) is 4.39 Å². The van der Waals surface area contributed by atoms with Gasteiger partial charge in [-0.15, -0.1) is 12.4 Å². The van der Waals surface area contributed by atoms with Crippen molar-refractivity contribution in [1.82, 2.24) is 15.5 Å². The number of benzene rings is 1. The van der Waals surface area contributed by atoms with Gasteiger partial charge >= 0.3 is 6.18 Å². The lowest BCUT2D eigenvalue weighted by Gasteiger charge is -2.35. The molecule has 1 heterocycles. The highest BCUT2D eigenvalue weighted by atomic mass is 35.5. The van der Waals surface area contributed by atoms with Crippen molar-refractivity contribution in [2.45, 2.75) is 25.1 Å². The van der Waals surface area contributed by atoms with Crippen molar-refractivity contribution in [2.75, 3.05) is 32.7 Å². The number of alkyl halides is 3. The number of ketones is 1. The van der Waals surface area contributed by atoms with Gasteiger partial charge in [0.1, 0.15) is 11.9 Å². The van der Waals surface area contributed by atoms with Crippen molar-refractivity contribution < 1.29 is 27.2 Å². The van der Waals surface area contributed by atoms with Crippen molar-refractivity contribution in [2.24, 2.45) is 0 Å². The molecule has 1 aromatic carbocycles. The molecule has 10 heteroatoms. The Morgan fingerprint density at radius 1 is 1.11 bits per heavy atom. The zero-order valence-electron chi connectivity index (χ0n) is 14.5. The van der Waals surface area contributed by atoms with E-state index in [4.69, 9.17) is 0 Å². The van der Waals surface area contributed by atoms with Crippen LogP contribution < -0.4 is 10.6 Å². The molecule has 1 fully saturated rings. The van der Waals surface area contributed by atoms with E-state index in [1.165, 1.54) is 17.0 Å². The zero-order valence-corrected chi connectivity index (χ0v) is 15.3. The maximum Gasteiger partial charge on any atom is 0.405 e. The van der Waals surface area contributed by atoms with Gasteiger partial charge in [-0.05, 0) is 24.3 Å². The van der Waals surface area contributed by atoms with Gasteiger partial charge in [0, 0.05) is 51.1 Å². The normalized spacial score (nSPS) is 16.3. The summed E-state index contributed by atoms with van der Waals surface area (Å²) in [5.41, 5.74) is 0.258. The van der Waals surface area contributed by atoms with Crippen LogP contribution in [0.2, 0.25) is 0 Å². The zero-order chi connectivity index (χ0) is 19.2. The van der Waals surface area contributed by atoms with Crippen LogP contribution in [0.15, 0.2) is 24.3 Å². The van der Waals surface area contributed by atoms with Crippen LogP contribution >= 0.6 is 12.4 Å². The van der Waals surface area contributed by atoms with Gasteiger partial charge < -0.3 is 10.6 Å². The molecule has 0 aromatic heterocycles. The minimum atomic E-state index is -4.45. The highest BCUT2D eigenvalue weighted by molar-refractivity contribution is 5.97. The Hall–Kier alpha value is -1.71. The highest BCUT2D eigenvalue weighted by Crippen LogP contribution is 2.24. The Bertz CT molecular complexity index is 620. The van der Waals surface area contributed by atoms with Crippen molar-refractivity contribution in [3.63, 3.8) is 0 Å². The number of nitrogens with one attached hydrogen (secondary N) is 2. The molecule has 1 saturated heterocycles. The summed E-state index contributed by atoms with van der Waals surface area (Å²) < 4.78 is 52.5. The number of Topliss-reactive ketones (excluding diaryl/α,β-unsaturated/α-hetero) is 1. The third-order valence-corrected chi connectivity index (χ3v) is 4.21. The number of carbonyl (C=O) groups excluding carboxylic acids is 2. The van der Waals surface area contributed by atoms with Crippen LogP contribution in [0.4, 0.5) is 17.6 Å². The fraction of sp³-hybridized carbons (Fsp3) is 0.529. The number of rotatable bonds is 7. The van der Waals surface area contributed by atoms with Gasteiger partial charge in [0.05, 0.1) is 0 Å². The first-order valence-corrected chi connectivity index (χ1v) is 8.34. The van der Waals surface area contributed by atoms with E-state index in [0.29, 0.717) is 13.1 Å². The lowest BCUT2D eigenvalue weighted by molar-refractivity contribution is -0.184. The molecule has 0 radical (unpaired) electrons. The lowest BCUT2D eigenvalue weighted by atomic mass is 10.1. The quantitative estimate of drug-likeness (QED) is 0.533. The summed E-state index contributed by atoms with van der Waals surface area (Å²) in [6, 6.07) is 3.13. The molecule has 0 aliphatic carbocycles. The molecule has 5 nitrogen and oxygen atoms in total. The van der Waals surface area contributed by atoms with Crippen LogP contribution in [-0.2, 0) is 4.79 Å². The van der Waals surface area contributed by atoms with E-state index in [1.54, 1.807) is 0 Å². The van der Waals surface area contributed by atoms with E-state index in [2.05, 4.69) is 10.6 Å². The SMILES string of the molecule is Cl.O=C(CCC(=O)c1ccc(F)cc1)NCC(N1CCNCC1)C(F)(F)F. The second-order valence-corrected chi connectivity index (χ2v) is 6.08. The molecular weight excluding hydrogens is 390 g/mol. The van der Waals surface area contributed by atoms with E-state index < -0.39 is 30.5 Å². The summed E-state index contributed by atoms with van der Waals surface area (Å²) in [5.74, 6) is -1.47. The maximum absolute atomic E-state index is 13.2. The number of nitrogens with zero attached hydrogens (tertiary/aromatic N) is 1. The third-order valence-electron chi connectivity index (χ3n) is 4.21. The predicted molar refractivity (Wildman–Crippen MR) is 94.5 cm³/mol. The summed E-state index contributed by atoms with van der Waals surface area (Å²) >= 11 is 0. The summed E-state index contributed by atoms with van der Waals surface area (Å²) in [6.07, 6.45) is -4.82. The van der Waals surface area contributed by atoms with Gasteiger partial charge in [0.2, 0.25) is 5.91 Å². The molecule has 27 heavy (non-hydrogen) atoms. The van der Waals surface area contributed by atoms with Crippen LogP contribution in [0.1, 0.15) is 23.2 Å². The monoisotopic (exact) mass is 411 g/mol. The molecule has 0 bridgehead atoms. The van der Waals surface area contributed by atoms with Crippen molar-refractivity contribution in [3.8, 4) is 0 Å². The molecule has 2 N–H and O–H groups in total. The summed E-state index contributed by atoms with van der Waals surface area (Å²) in [5, 5.41) is 5.25. The number of hydrogen-bond donors (Lipinski definition) is 2. The van der Waals surface area contributed by atoms with Crippen molar-refractivity contribution in [1.29, 1.82) is 0 Å². The Balaban J connectivity index is 0.00000364. The molecule has 0 saturated carbocycles. The van der Waals surface area contributed by atoms with E-state index in [-0.39, 0.29) is 49.7 Å². The molecule has 1 aliphatic rings. The van der Waals surface area contributed by atoms with Gasteiger partial charge in [0.15, 0.2) is 5.78 Å². The smallest absolute Gasteiger partial charge is 0.354 e. The van der Waals surface area contributed by atoms with Crippen LogP contribution in [0.25, 0.3) is 0 Å². The van der Waals surface area contributed by atoms with Crippen molar-refractivity contribution >= 4 is 24.1 Å². The Morgan fingerprint density at radius 3 is 2.26 bits per heavy atom. The molecular formula is C17H22ClF4N3O2. The fourth-order valence-electron chi connectivity index (χ4n) is 2.75. The molecule has 1 aromatic rings. The minimum absolute atomic E-state index is 0. The number of amides is 1. The molecule has 1 atom stereocenters. The van der Waals surface area contributed by atoms with E-state index in [1.807, 2.05) is 0 Å². The Labute approximate surface area is 160 Å². The number of carbonyl (C=O) groups is 2. The minimum Gasteiger partial charge on any atom is -0.354 e. The molecule has 1 amide bonds. The second kappa shape index (κ2) is 10.6. The predicted octanol–water partition coefficient (Wildman–Crippen LogP) is 2.16. The first kappa shape index (κ1) is 23.3. The van der Waals surface area contributed by atoms with E-state index in [9.17, 15) is 27.2 Å². The highest BCUT2D eigenvalue weighted by Gasteiger charge is 2.43. The number of hydrogen-bond acceptors (Lipinski definition) is 4. The van der Waals surface area contributed by atoms with Gasteiger partial charge in [0.25, 0.3) is 0 Å². The summed E-state index contributed by atoms with van der Waals surface area (Å²) in [7, 11) is 0. The van der Waals surface area contributed by atoms with E-state index >= 15 is 0 Å². The van der Waals surface area contributed by atoms with Crippen LogP contribution in [0.5, 0.6) is 0 Å². The first-order chi connectivity index (χ1) is 12.3. The third kappa shape index (κ3) is 7.43. The van der Waals surface area contributed by atoms with E-state index in [0.717, 1.165) is 12.1 Å². The summed E-state index contributed by atoms with van der Waals surface area (Å²) in [6.45, 7) is 0.888. The van der Waals surface area contributed by atoms with Crippen LogP contribution in [0.3, 0.4) is 0 Å². The first-order valence-electron chi connectivity index (χ1n) is 8.34. The average Bonchev–Trinajstić information content (AvgIpc) is 2.60. The van der Waals surface area contributed by atoms with Crippen LogP contribution in [0, 0.1) is 5.82 Å². The van der Waals surface area contributed by atoms with Gasteiger partial charge in [-0.3, -0.25) is 14.5 Å². The Morgan fingerprint density at radius 2 is 1.70 bits per heavy atom.